The zero-order valence-electron chi connectivity index (χ0n) is 13.0. The molecule has 3 heteroatoms. The summed E-state index contributed by atoms with van der Waals surface area (Å²) in [6, 6.07) is 12.0. The summed E-state index contributed by atoms with van der Waals surface area (Å²) in [7, 11) is 0. The van der Waals surface area contributed by atoms with Crippen LogP contribution in [0.5, 0.6) is 0 Å². The molecule has 120 valence electrons. The quantitative estimate of drug-likeness (QED) is 0.466. The Hall–Kier alpha value is 0.163. The van der Waals surface area contributed by atoms with Crippen LogP contribution in [0.3, 0.4) is 0 Å². The summed E-state index contributed by atoms with van der Waals surface area (Å²) < 4.78 is 0. The predicted molar refractivity (Wildman–Crippen MR) is 91.3 cm³/mol. The van der Waals surface area contributed by atoms with Crippen LogP contribution in [0, 0.1) is 0 Å². The van der Waals surface area contributed by atoms with Gasteiger partial charge in [-0.1, -0.05) is 56.0 Å². The van der Waals surface area contributed by atoms with E-state index in [1.54, 1.807) is 0 Å². The molecule has 2 aromatic rings. The maximum atomic E-state index is 6.20. The number of aryl methyl sites for hydroxylation is 1. The molecule has 0 aliphatic rings. The number of hydrogen-bond donors (Lipinski definition) is 0. The van der Waals surface area contributed by atoms with Crippen LogP contribution >= 0.6 is 23.2 Å². The van der Waals surface area contributed by atoms with Crippen LogP contribution in [0.25, 0.3) is 0 Å². The Morgan fingerprint density at radius 2 is 1.48 bits per heavy atom. The number of hydrogen-bond acceptors (Lipinski definition) is 0. The third-order valence-corrected chi connectivity index (χ3v) is 4.13. The van der Waals surface area contributed by atoms with Gasteiger partial charge in [-0.2, -0.15) is 34.8 Å². The summed E-state index contributed by atoms with van der Waals surface area (Å²) in [5.41, 5.74) is 2.65. The molecule has 0 fully saturated rings. The molecule has 21 heavy (non-hydrogen) atoms. The molecule has 0 heterocycles. The molecule has 0 aliphatic carbocycles. The van der Waals surface area contributed by atoms with E-state index >= 15 is 0 Å². The van der Waals surface area contributed by atoms with Gasteiger partial charge >= 0.3 is 0 Å². The zero-order chi connectivity index (χ0) is 14.8. The van der Waals surface area contributed by atoms with Gasteiger partial charge in [0.25, 0.3) is 0 Å². The molecule has 0 spiro atoms. The molecule has 0 aliphatic heterocycles. The van der Waals surface area contributed by atoms with Crippen molar-refractivity contribution in [2.24, 2.45) is 0 Å². The van der Waals surface area contributed by atoms with Gasteiger partial charge in [0.05, 0.1) is 0 Å². The fraction of sp³-hybridized carbons (Fsp3) is 0.444. The standard InChI is InChI=1S/C13H19Cl2.C5H5.Zr/c1-3-5-7-10-9-12(14)13(15)11(10)8-6-4-2;1-2-4-5-3-1;/h9H,3-8H2,1-2H3;1-5H;/q-1;-5;. The average molecular weight is 403 g/mol. The van der Waals surface area contributed by atoms with Gasteiger partial charge in [0.15, 0.2) is 0 Å². The van der Waals surface area contributed by atoms with Crippen molar-refractivity contribution in [2.45, 2.75) is 52.4 Å². The molecule has 0 saturated carbocycles. The van der Waals surface area contributed by atoms with Crippen molar-refractivity contribution in [3.8, 4) is 0 Å². The van der Waals surface area contributed by atoms with Crippen LogP contribution in [-0.2, 0) is 39.0 Å². The second kappa shape index (κ2) is 12.7. The van der Waals surface area contributed by atoms with E-state index in [2.05, 4.69) is 13.8 Å². The molecule has 0 atom stereocenters. The normalized spacial score (nSPS) is 9.71. The van der Waals surface area contributed by atoms with Gasteiger partial charge in [-0.05, 0) is 6.42 Å². The van der Waals surface area contributed by atoms with Crippen molar-refractivity contribution >= 4 is 23.2 Å². The Morgan fingerprint density at radius 3 is 1.95 bits per heavy atom. The first-order valence-corrected chi connectivity index (χ1v) is 8.25. The summed E-state index contributed by atoms with van der Waals surface area (Å²) in [5.74, 6) is 0. The average Bonchev–Trinajstić information content (AvgIpc) is 3.09. The maximum absolute atomic E-state index is 6.20. The summed E-state index contributed by atoms with van der Waals surface area (Å²) in [4.78, 5) is 0. The first kappa shape index (κ1) is 21.2. The Bertz CT molecular complexity index is 441. The molecule has 0 bridgehead atoms. The summed E-state index contributed by atoms with van der Waals surface area (Å²) >= 11 is 12.3. The Labute approximate surface area is 158 Å². The van der Waals surface area contributed by atoms with Crippen molar-refractivity contribution in [2.75, 3.05) is 0 Å². The number of halogens is 2. The minimum Gasteiger partial charge on any atom is -0.748 e. The third-order valence-electron chi connectivity index (χ3n) is 3.30. The van der Waals surface area contributed by atoms with E-state index in [9.17, 15) is 0 Å². The van der Waals surface area contributed by atoms with Crippen molar-refractivity contribution in [1.82, 2.24) is 0 Å². The van der Waals surface area contributed by atoms with E-state index in [1.165, 1.54) is 36.8 Å². The van der Waals surface area contributed by atoms with Crippen LogP contribution < -0.4 is 0 Å². The van der Waals surface area contributed by atoms with Crippen LogP contribution in [0.15, 0.2) is 36.4 Å². The monoisotopic (exact) mass is 400 g/mol. The second-order valence-electron chi connectivity index (χ2n) is 4.98. The van der Waals surface area contributed by atoms with Crippen molar-refractivity contribution in [3.63, 3.8) is 0 Å². The van der Waals surface area contributed by atoms with Crippen molar-refractivity contribution in [3.05, 3.63) is 57.6 Å². The third kappa shape index (κ3) is 7.82. The molecule has 0 radical (unpaired) electrons. The van der Waals surface area contributed by atoms with E-state index in [0.717, 1.165) is 22.9 Å². The fourth-order valence-electron chi connectivity index (χ4n) is 2.12. The summed E-state index contributed by atoms with van der Waals surface area (Å²) in [6.45, 7) is 4.40. The first-order chi connectivity index (χ1) is 9.70. The van der Waals surface area contributed by atoms with Crippen LogP contribution in [0.2, 0.25) is 10.0 Å². The van der Waals surface area contributed by atoms with Gasteiger partial charge in [-0.25, -0.2) is 0 Å². The largest absolute Gasteiger partial charge is 0.748 e. The zero-order valence-corrected chi connectivity index (χ0v) is 16.9. The molecule has 0 amide bonds. The molecule has 0 saturated heterocycles. The SMILES string of the molecule is CCCCc1c(Cl)c(Cl)c[c-]1CCCC.[Zr].[cH-]1[cH-][cH-][cH-][cH-]1. The van der Waals surface area contributed by atoms with E-state index in [1.807, 2.05) is 36.4 Å². The van der Waals surface area contributed by atoms with Gasteiger partial charge in [0.1, 0.15) is 0 Å². The van der Waals surface area contributed by atoms with Crippen LogP contribution in [0.4, 0.5) is 0 Å². The molecule has 0 aromatic heterocycles. The molecular weight excluding hydrogens is 378 g/mol. The molecule has 0 unspecified atom stereocenters. The summed E-state index contributed by atoms with van der Waals surface area (Å²) in [6.07, 6.45) is 7.01. The minimum atomic E-state index is 0. The number of rotatable bonds is 6. The number of unbranched alkanes of at least 4 members (excludes halogenated alkanes) is 2. The Morgan fingerprint density at radius 1 is 0.952 bits per heavy atom. The first-order valence-electron chi connectivity index (χ1n) is 7.49. The molecule has 2 rings (SSSR count). The molecule has 0 nitrogen and oxygen atoms in total. The maximum Gasteiger partial charge on any atom is 0 e. The van der Waals surface area contributed by atoms with Crippen molar-refractivity contribution < 1.29 is 26.2 Å². The minimum absolute atomic E-state index is 0. The van der Waals surface area contributed by atoms with E-state index in [-0.39, 0.29) is 26.2 Å². The van der Waals surface area contributed by atoms with Gasteiger partial charge in [-0.3, -0.25) is 0 Å². The Kier molecular flexibility index (Phi) is 12.8. The summed E-state index contributed by atoms with van der Waals surface area (Å²) in [5, 5.41) is 1.52. The van der Waals surface area contributed by atoms with E-state index in [4.69, 9.17) is 23.2 Å². The van der Waals surface area contributed by atoms with Crippen LogP contribution in [0.1, 0.15) is 50.7 Å². The molecular formula is C18H24Cl2Zr-6. The van der Waals surface area contributed by atoms with Gasteiger partial charge < -0.3 is 30.3 Å². The van der Waals surface area contributed by atoms with Crippen LogP contribution in [-0.4, -0.2) is 0 Å². The van der Waals surface area contributed by atoms with E-state index in [0.29, 0.717) is 0 Å². The fourth-order valence-corrected chi connectivity index (χ4v) is 2.64. The second-order valence-corrected chi connectivity index (χ2v) is 5.76. The van der Waals surface area contributed by atoms with Gasteiger partial charge in [0.2, 0.25) is 0 Å². The van der Waals surface area contributed by atoms with Crippen molar-refractivity contribution in [1.29, 1.82) is 0 Å². The Balaban J connectivity index is 0.000000562. The van der Waals surface area contributed by atoms with Gasteiger partial charge in [-0.15, -0.1) is 5.56 Å². The van der Waals surface area contributed by atoms with Gasteiger partial charge in [0, 0.05) is 26.2 Å². The van der Waals surface area contributed by atoms with E-state index < -0.39 is 0 Å². The predicted octanol–water partition coefficient (Wildman–Crippen LogP) is 6.80. The molecule has 0 N–H and O–H groups in total. The molecule has 2 aromatic carbocycles. The topological polar surface area (TPSA) is 0 Å². The smallest absolute Gasteiger partial charge is 0 e.